The van der Waals surface area contributed by atoms with E-state index in [0.29, 0.717) is 13.2 Å². The Morgan fingerprint density at radius 1 is 1.42 bits per heavy atom. The van der Waals surface area contributed by atoms with E-state index in [2.05, 4.69) is 10.6 Å². The van der Waals surface area contributed by atoms with Gasteiger partial charge in [0.2, 0.25) is 5.91 Å². The first-order valence-corrected chi connectivity index (χ1v) is 6.21. The summed E-state index contributed by atoms with van der Waals surface area (Å²) in [6.45, 7) is 1.85. The molecule has 0 saturated carbocycles. The zero-order valence-corrected chi connectivity index (χ0v) is 10.4. The summed E-state index contributed by atoms with van der Waals surface area (Å²) in [5.41, 5.74) is -0.00881. The van der Waals surface area contributed by atoms with Gasteiger partial charge in [0.25, 0.3) is 0 Å². The van der Waals surface area contributed by atoms with Crippen molar-refractivity contribution in [2.45, 2.75) is 12.5 Å². The minimum Gasteiger partial charge on any atom is -0.366 e. The summed E-state index contributed by atoms with van der Waals surface area (Å²) >= 11 is 0. The molecule has 1 aliphatic heterocycles. The van der Waals surface area contributed by atoms with Crippen LogP contribution in [0.2, 0.25) is 0 Å². The topological polar surface area (TPSA) is 50.4 Å². The van der Waals surface area contributed by atoms with Gasteiger partial charge in [-0.15, -0.1) is 0 Å². The van der Waals surface area contributed by atoms with Gasteiger partial charge in [-0.05, 0) is 18.6 Å². The van der Waals surface area contributed by atoms with Crippen molar-refractivity contribution in [1.29, 1.82) is 0 Å². The number of ether oxygens (including phenoxy) is 1. The van der Waals surface area contributed by atoms with Gasteiger partial charge in [-0.3, -0.25) is 4.79 Å². The molecule has 1 heterocycles. The summed E-state index contributed by atoms with van der Waals surface area (Å²) in [5, 5.41) is 5.65. The Bertz CT molecular complexity index is 428. The molecular weight excluding hydrogens is 254 g/mol. The maximum Gasteiger partial charge on any atom is 0.250 e. The molecule has 0 aromatic heterocycles. The highest BCUT2D eigenvalue weighted by Gasteiger charge is 2.21. The number of morpholine rings is 1. The van der Waals surface area contributed by atoms with E-state index in [1.165, 1.54) is 18.2 Å². The molecule has 1 fully saturated rings. The third-order valence-corrected chi connectivity index (χ3v) is 2.96. The minimum atomic E-state index is -0.593. The number of hydrogen-bond donors (Lipinski definition) is 2. The van der Waals surface area contributed by atoms with Crippen LogP contribution in [-0.2, 0) is 16.0 Å². The van der Waals surface area contributed by atoms with E-state index < -0.39 is 17.7 Å². The van der Waals surface area contributed by atoms with Crippen molar-refractivity contribution in [3.05, 3.63) is 35.4 Å². The monoisotopic (exact) mass is 270 g/mol. The van der Waals surface area contributed by atoms with E-state index in [-0.39, 0.29) is 24.4 Å². The van der Waals surface area contributed by atoms with E-state index in [1.807, 2.05) is 0 Å². The lowest BCUT2D eigenvalue weighted by atomic mass is 10.1. The van der Waals surface area contributed by atoms with Crippen LogP contribution < -0.4 is 10.6 Å². The Kier molecular flexibility index (Phi) is 4.81. The fourth-order valence-corrected chi connectivity index (χ4v) is 1.93. The highest BCUT2D eigenvalue weighted by Crippen LogP contribution is 2.12. The van der Waals surface area contributed by atoms with Gasteiger partial charge in [0.1, 0.15) is 17.7 Å². The second kappa shape index (κ2) is 6.58. The molecule has 1 unspecified atom stereocenters. The average Bonchev–Trinajstić information content (AvgIpc) is 2.43. The first kappa shape index (κ1) is 13.9. The van der Waals surface area contributed by atoms with Gasteiger partial charge in [0.05, 0.1) is 6.61 Å². The maximum absolute atomic E-state index is 13.3. The van der Waals surface area contributed by atoms with Crippen LogP contribution in [-0.4, -0.2) is 38.3 Å². The fourth-order valence-electron chi connectivity index (χ4n) is 1.93. The van der Waals surface area contributed by atoms with Crippen molar-refractivity contribution in [3.8, 4) is 0 Å². The molecule has 2 rings (SSSR count). The first-order chi connectivity index (χ1) is 9.18. The van der Waals surface area contributed by atoms with Crippen molar-refractivity contribution in [3.63, 3.8) is 0 Å². The van der Waals surface area contributed by atoms with Crippen molar-refractivity contribution < 1.29 is 18.3 Å². The molecule has 1 amide bonds. The predicted molar refractivity (Wildman–Crippen MR) is 65.7 cm³/mol. The van der Waals surface area contributed by atoms with Crippen LogP contribution >= 0.6 is 0 Å². The first-order valence-electron chi connectivity index (χ1n) is 6.21. The van der Waals surface area contributed by atoms with Gasteiger partial charge in [0, 0.05) is 25.2 Å². The largest absolute Gasteiger partial charge is 0.366 e. The molecule has 4 nitrogen and oxygen atoms in total. The second-order valence-corrected chi connectivity index (χ2v) is 4.30. The van der Waals surface area contributed by atoms with E-state index in [1.54, 1.807) is 0 Å². The van der Waals surface area contributed by atoms with Crippen LogP contribution in [0.1, 0.15) is 5.56 Å². The Morgan fingerprint density at radius 2 is 2.16 bits per heavy atom. The summed E-state index contributed by atoms with van der Waals surface area (Å²) in [4.78, 5) is 11.7. The van der Waals surface area contributed by atoms with E-state index in [0.717, 1.165) is 6.54 Å². The van der Waals surface area contributed by atoms with Gasteiger partial charge >= 0.3 is 0 Å². The molecule has 0 spiro atoms. The van der Waals surface area contributed by atoms with Gasteiger partial charge in [-0.2, -0.15) is 0 Å². The number of halogens is 2. The summed E-state index contributed by atoms with van der Waals surface area (Å²) < 4.78 is 32.0. The van der Waals surface area contributed by atoms with Crippen molar-refractivity contribution >= 4 is 5.91 Å². The normalized spacial score (nSPS) is 19.2. The van der Waals surface area contributed by atoms with Gasteiger partial charge < -0.3 is 15.4 Å². The standard InChI is InChI=1S/C13H16F2N2O2/c14-10-2-1-3-11(15)9(10)4-5-17-13(18)12-8-16-6-7-19-12/h1-3,12,16H,4-8H2,(H,17,18). The third-order valence-electron chi connectivity index (χ3n) is 2.96. The smallest absolute Gasteiger partial charge is 0.250 e. The van der Waals surface area contributed by atoms with Gasteiger partial charge in [-0.25, -0.2) is 8.78 Å². The van der Waals surface area contributed by atoms with Crippen LogP contribution in [0.3, 0.4) is 0 Å². The summed E-state index contributed by atoms with van der Waals surface area (Å²) in [6, 6.07) is 3.72. The highest BCUT2D eigenvalue weighted by atomic mass is 19.1. The SMILES string of the molecule is O=C(NCCc1c(F)cccc1F)C1CNCCO1. The maximum atomic E-state index is 13.3. The lowest BCUT2D eigenvalue weighted by Crippen LogP contribution is -2.48. The molecule has 2 N–H and O–H groups in total. The molecule has 1 aromatic carbocycles. The molecule has 0 radical (unpaired) electrons. The summed E-state index contributed by atoms with van der Waals surface area (Å²) in [6.07, 6.45) is -0.413. The molecule has 6 heteroatoms. The van der Waals surface area contributed by atoms with Gasteiger partial charge in [-0.1, -0.05) is 6.07 Å². The lowest BCUT2D eigenvalue weighted by Gasteiger charge is -2.22. The fraction of sp³-hybridized carbons (Fsp3) is 0.462. The summed E-state index contributed by atoms with van der Waals surface area (Å²) in [7, 11) is 0. The Labute approximate surface area is 110 Å². The third kappa shape index (κ3) is 3.71. The zero-order valence-electron chi connectivity index (χ0n) is 10.4. The predicted octanol–water partition coefficient (Wildman–Crippen LogP) is 0.612. The number of carbonyl (C=O) groups is 1. The summed E-state index contributed by atoms with van der Waals surface area (Å²) in [5.74, 6) is -1.45. The van der Waals surface area contributed by atoms with Crippen molar-refractivity contribution in [1.82, 2.24) is 10.6 Å². The number of hydrogen-bond acceptors (Lipinski definition) is 3. The quantitative estimate of drug-likeness (QED) is 0.843. The minimum absolute atomic E-state index is 0.00881. The zero-order chi connectivity index (χ0) is 13.7. The number of carbonyl (C=O) groups excluding carboxylic acids is 1. The molecule has 1 atom stereocenters. The molecule has 1 aliphatic rings. The Hall–Kier alpha value is -1.53. The number of amides is 1. The Morgan fingerprint density at radius 3 is 2.79 bits per heavy atom. The Balaban J connectivity index is 1.81. The number of rotatable bonds is 4. The van der Waals surface area contributed by atoms with Crippen LogP contribution in [0.25, 0.3) is 0 Å². The molecule has 19 heavy (non-hydrogen) atoms. The van der Waals surface area contributed by atoms with E-state index in [4.69, 9.17) is 4.74 Å². The number of nitrogens with one attached hydrogen (secondary N) is 2. The highest BCUT2D eigenvalue weighted by molar-refractivity contribution is 5.81. The molecule has 1 saturated heterocycles. The van der Waals surface area contributed by atoms with Crippen molar-refractivity contribution in [2.75, 3.05) is 26.2 Å². The van der Waals surface area contributed by atoms with Crippen LogP contribution in [0.15, 0.2) is 18.2 Å². The van der Waals surface area contributed by atoms with Crippen LogP contribution in [0, 0.1) is 11.6 Å². The molecule has 1 aromatic rings. The van der Waals surface area contributed by atoms with E-state index in [9.17, 15) is 13.6 Å². The second-order valence-electron chi connectivity index (χ2n) is 4.30. The van der Waals surface area contributed by atoms with Crippen molar-refractivity contribution in [2.24, 2.45) is 0 Å². The molecule has 104 valence electrons. The van der Waals surface area contributed by atoms with Gasteiger partial charge in [0.15, 0.2) is 0 Å². The molecular formula is C13H16F2N2O2. The number of benzene rings is 1. The van der Waals surface area contributed by atoms with Crippen LogP contribution in [0.4, 0.5) is 8.78 Å². The molecule has 0 bridgehead atoms. The average molecular weight is 270 g/mol. The lowest BCUT2D eigenvalue weighted by molar-refractivity contribution is -0.134. The van der Waals surface area contributed by atoms with E-state index >= 15 is 0 Å². The van der Waals surface area contributed by atoms with Crippen LogP contribution in [0.5, 0.6) is 0 Å². The molecule has 0 aliphatic carbocycles.